The molecule has 0 spiro atoms. The predicted octanol–water partition coefficient (Wildman–Crippen LogP) is 2.66. The molecule has 0 fully saturated rings. The molecule has 0 aliphatic carbocycles. The van der Waals surface area contributed by atoms with E-state index in [4.69, 9.17) is 0 Å². The lowest BCUT2D eigenvalue weighted by molar-refractivity contribution is 0.590. The molecule has 0 saturated carbocycles. The zero-order valence-electron chi connectivity index (χ0n) is 12.1. The SMILES string of the molecule is CCCNCCCCS(=O)(=O)Nc1ccc(F)cc1C. The number of aryl methyl sites for hydroxylation is 1. The average molecular weight is 302 g/mol. The predicted molar refractivity (Wildman–Crippen MR) is 80.9 cm³/mol. The van der Waals surface area contributed by atoms with Crippen LogP contribution in [0, 0.1) is 12.7 Å². The van der Waals surface area contributed by atoms with Crippen LogP contribution >= 0.6 is 0 Å². The molecule has 0 amide bonds. The van der Waals surface area contributed by atoms with E-state index in [1.165, 1.54) is 18.2 Å². The summed E-state index contributed by atoms with van der Waals surface area (Å²) in [5.41, 5.74) is 1.02. The van der Waals surface area contributed by atoms with Crippen molar-refractivity contribution in [2.75, 3.05) is 23.6 Å². The second-order valence-corrected chi connectivity index (χ2v) is 6.68. The summed E-state index contributed by atoms with van der Waals surface area (Å²) in [6.07, 6.45) is 2.50. The van der Waals surface area contributed by atoms with Gasteiger partial charge in [0.25, 0.3) is 0 Å². The number of benzene rings is 1. The summed E-state index contributed by atoms with van der Waals surface area (Å²) < 4.78 is 39.2. The molecular formula is C14H23FN2O2S. The molecule has 0 aromatic heterocycles. The molecule has 0 aliphatic heterocycles. The first kappa shape index (κ1) is 16.9. The monoisotopic (exact) mass is 302 g/mol. The van der Waals surface area contributed by atoms with Crippen LogP contribution in [0.25, 0.3) is 0 Å². The van der Waals surface area contributed by atoms with Crippen LogP contribution in [0.2, 0.25) is 0 Å². The van der Waals surface area contributed by atoms with Gasteiger partial charge in [0.2, 0.25) is 10.0 Å². The van der Waals surface area contributed by atoms with Gasteiger partial charge in [-0.2, -0.15) is 0 Å². The molecule has 1 aromatic carbocycles. The fourth-order valence-electron chi connectivity index (χ4n) is 1.80. The Morgan fingerprint density at radius 2 is 1.95 bits per heavy atom. The second-order valence-electron chi connectivity index (χ2n) is 4.84. The lowest BCUT2D eigenvalue weighted by atomic mass is 10.2. The van der Waals surface area contributed by atoms with E-state index < -0.39 is 10.0 Å². The van der Waals surface area contributed by atoms with E-state index in [1.807, 2.05) is 0 Å². The fraction of sp³-hybridized carbons (Fsp3) is 0.571. The minimum Gasteiger partial charge on any atom is -0.317 e. The van der Waals surface area contributed by atoms with Crippen LogP contribution in [0.1, 0.15) is 31.7 Å². The number of unbranched alkanes of at least 4 members (excludes halogenated alkanes) is 1. The Hall–Kier alpha value is -1.14. The third-order valence-corrected chi connectivity index (χ3v) is 4.25. The third kappa shape index (κ3) is 6.34. The van der Waals surface area contributed by atoms with Gasteiger partial charge in [0.1, 0.15) is 5.82 Å². The highest BCUT2D eigenvalue weighted by molar-refractivity contribution is 7.92. The standard InChI is InChI=1S/C14H23FN2O2S/c1-3-8-16-9-4-5-10-20(18,19)17-14-7-6-13(15)11-12(14)2/h6-7,11,16-17H,3-5,8-10H2,1-2H3. The van der Waals surface area contributed by atoms with Gasteiger partial charge in [-0.1, -0.05) is 6.92 Å². The molecule has 4 nitrogen and oxygen atoms in total. The number of rotatable bonds is 9. The Bertz CT molecular complexity index is 518. The van der Waals surface area contributed by atoms with Crippen molar-refractivity contribution in [3.05, 3.63) is 29.6 Å². The van der Waals surface area contributed by atoms with E-state index in [9.17, 15) is 12.8 Å². The van der Waals surface area contributed by atoms with Crippen LogP contribution in [0.4, 0.5) is 10.1 Å². The number of anilines is 1. The highest BCUT2D eigenvalue weighted by Crippen LogP contribution is 2.17. The maximum absolute atomic E-state index is 12.9. The molecule has 0 heterocycles. The molecule has 1 aromatic rings. The van der Waals surface area contributed by atoms with Gasteiger partial charge in [-0.25, -0.2) is 12.8 Å². The summed E-state index contributed by atoms with van der Waals surface area (Å²) in [5.74, 6) is -0.287. The third-order valence-electron chi connectivity index (χ3n) is 2.90. The fourth-order valence-corrected chi connectivity index (χ4v) is 3.05. The summed E-state index contributed by atoms with van der Waals surface area (Å²) >= 11 is 0. The molecule has 1 rings (SSSR count). The van der Waals surface area contributed by atoms with E-state index in [1.54, 1.807) is 6.92 Å². The smallest absolute Gasteiger partial charge is 0.232 e. The first-order valence-electron chi connectivity index (χ1n) is 6.92. The number of nitrogens with one attached hydrogen (secondary N) is 2. The first-order valence-corrected chi connectivity index (χ1v) is 8.57. The molecular weight excluding hydrogens is 279 g/mol. The summed E-state index contributed by atoms with van der Waals surface area (Å²) in [4.78, 5) is 0. The number of sulfonamides is 1. The van der Waals surface area contributed by atoms with Crippen molar-refractivity contribution in [1.29, 1.82) is 0 Å². The molecule has 0 bridgehead atoms. The summed E-state index contributed by atoms with van der Waals surface area (Å²) in [7, 11) is -3.36. The van der Waals surface area contributed by atoms with Gasteiger partial charge < -0.3 is 5.32 Å². The highest BCUT2D eigenvalue weighted by atomic mass is 32.2. The van der Waals surface area contributed by atoms with Crippen molar-refractivity contribution >= 4 is 15.7 Å². The zero-order valence-corrected chi connectivity index (χ0v) is 12.9. The van der Waals surface area contributed by atoms with Gasteiger partial charge in [-0.05, 0) is 63.0 Å². The van der Waals surface area contributed by atoms with Gasteiger partial charge in [-0.15, -0.1) is 0 Å². The quantitative estimate of drug-likeness (QED) is 0.690. The molecule has 20 heavy (non-hydrogen) atoms. The summed E-state index contributed by atoms with van der Waals surface area (Å²) in [6, 6.07) is 4.01. The topological polar surface area (TPSA) is 58.2 Å². The first-order chi connectivity index (χ1) is 9.44. The maximum atomic E-state index is 12.9. The van der Waals surface area contributed by atoms with E-state index in [2.05, 4.69) is 17.0 Å². The van der Waals surface area contributed by atoms with Crippen molar-refractivity contribution in [1.82, 2.24) is 5.32 Å². The van der Waals surface area contributed by atoms with Gasteiger partial charge in [-0.3, -0.25) is 4.72 Å². The Kier molecular flexibility index (Phi) is 6.95. The van der Waals surface area contributed by atoms with Crippen LogP contribution < -0.4 is 10.0 Å². The van der Waals surface area contributed by atoms with Gasteiger partial charge in [0.05, 0.1) is 11.4 Å². The normalized spacial score (nSPS) is 11.6. The second kappa shape index (κ2) is 8.21. The van der Waals surface area contributed by atoms with Crippen molar-refractivity contribution in [3.63, 3.8) is 0 Å². The van der Waals surface area contributed by atoms with Crippen LogP contribution in [-0.4, -0.2) is 27.3 Å². The van der Waals surface area contributed by atoms with Crippen molar-refractivity contribution in [2.45, 2.75) is 33.1 Å². The highest BCUT2D eigenvalue weighted by Gasteiger charge is 2.11. The molecule has 0 unspecified atom stereocenters. The molecule has 2 N–H and O–H groups in total. The minimum atomic E-state index is -3.36. The lowest BCUT2D eigenvalue weighted by Gasteiger charge is -2.10. The summed E-state index contributed by atoms with van der Waals surface area (Å²) in [6.45, 7) is 5.56. The molecule has 114 valence electrons. The van der Waals surface area contributed by atoms with Crippen LogP contribution in [-0.2, 0) is 10.0 Å². The molecule has 6 heteroatoms. The molecule has 0 saturated heterocycles. The van der Waals surface area contributed by atoms with Gasteiger partial charge in [0.15, 0.2) is 0 Å². The van der Waals surface area contributed by atoms with Crippen molar-refractivity contribution in [2.24, 2.45) is 0 Å². The molecule has 0 aliphatic rings. The van der Waals surface area contributed by atoms with Crippen LogP contribution in [0.5, 0.6) is 0 Å². The number of hydrogen-bond acceptors (Lipinski definition) is 3. The van der Waals surface area contributed by atoms with E-state index in [-0.39, 0.29) is 11.6 Å². The molecule has 0 radical (unpaired) electrons. The Balaban J connectivity index is 2.41. The average Bonchev–Trinajstić information content (AvgIpc) is 2.37. The largest absolute Gasteiger partial charge is 0.317 e. The zero-order chi connectivity index (χ0) is 15.0. The van der Waals surface area contributed by atoms with Crippen LogP contribution in [0.3, 0.4) is 0 Å². The number of hydrogen-bond donors (Lipinski definition) is 2. The minimum absolute atomic E-state index is 0.0810. The Morgan fingerprint density at radius 3 is 2.60 bits per heavy atom. The van der Waals surface area contributed by atoms with E-state index in [0.29, 0.717) is 17.7 Å². The Labute approximate surface area is 120 Å². The number of halogens is 1. The van der Waals surface area contributed by atoms with Crippen LogP contribution in [0.15, 0.2) is 18.2 Å². The van der Waals surface area contributed by atoms with E-state index >= 15 is 0 Å². The van der Waals surface area contributed by atoms with Gasteiger partial charge >= 0.3 is 0 Å². The van der Waals surface area contributed by atoms with E-state index in [0.717, 1.165) is 25.9 Å². The maximum Gasteiger partial charge on any atom is 0.232 e. The Morgan fingerprint density at radius 1 is 1.20 bits per heavy atom. The van der Waals surface area contributed by atoms with Gasteiger partial charge in [0, 0.05) is 0 Å². The summed E-state index contributed by atoms with van der Waals surface area (Å²) in [5, 5.41) is 3.23. The molecule has 0 atom stereocenters. The lowest BCUT2D eigenvalue weighted by Crippen LogP contribution is -2.20. The van der Waals surface area contributed by atoms with Crippen molar-refractivity contribution in [3.8, 4) is 0 Å². The van der Waals surface area contributed by atoms with Crippen molar-refractivity contribution < 1.29 is 12.8 Å².